The number of thioether (sulfide) groups is 1. The van der Waals surface area contributed by atoms with Crippen LogP contribution in [-0.4, -0.2) is 47.0 Å². The van der Waals surface area contributed by atoms with Gasteiger partial charge in [0, 0.05) is 42.2 Å². The predicted octanol–water partition coefficient (Wildman–Crippen LogP) is 2.35. The molecule has 1 N–H and O–H groups in total. The lowest BCUT2D eigenvalue weighted by molar-refractivity contribution is 0.408. The van der Waals surface area contributed by atoms with E-state index >= 15 is 0 Å². The van der Waals surface area contributed by atoms with E-state index in [1.54, 1.807) is 11.3 Å². The second-order valence-electron chi connectivity index (χ2n) is 4.63. The normalized spacial score (nSPS) is 20.7. The third-order valence-corrected chi connectivity index (χ3v) is 5.51. The summed E-state index contributed by atoms with van der Waals surface area (Å²) in [5.41, 5.74) is 1.09. The van der Waals surface area contributed by atoms with Gasteiger partial charge in [0.25, 0.3) is 0 Å². The standard InChI is InChI=1S/C13H22N4S2/c1-4-11-8-17(5-6-18-11)13(14-3)15-7-12-16-10(2)9-19-12/h9,11H,4-8H2,1-3H3,(H,14,15). The van der Waals surface area contributed by atoms with Crippen LogP contribution in [0.25, 0.3) is 0 Å². The molecule has 1 unspecified atom stereocenters. The number of guanidine groups is 1. The number of aryl methyl sites for hydroxylation is 1. The molecular weight excluding hydrogens is 276 g/mol. The van der Waals surface area contributed by atoms with Crippen LogP contribution in [0, 0.1) is 6.92 Å². The van der Waals surface area contributed by atoms with E-state index in [1.165, 1.54) is 12.2 Å². The van der Waals surface area contributed by atoms with Crippen LogP contribution in [0.2, 0.25) is 0 Å². The Balaban J connectivity index is 1.89. The lowest BCUT2D eigenvalue weighted by Crippen LogP contribution is -2.47. The molecule has 0 bridgehead atoms. The molecule has 0 aromatic carbocycles. The van der Waals surface area contributed by atoms with Gasteiger partial charge < -0.3 is 10.2 Å². The van der Waals surface area contributed by atoms with Gasteiger partial charge in [0.05, 0.1) is 6.54 Å². The van der Waals surface area contributed by atoms with Gasteiger partial charge in [0.15, 0.2) is 5.96 Å². The third kappa shape index (κ3) is 4.11. The van der Waals surface area contributed by atoms with E-state index in [4.69, 9.17) is 0 Å². The van der Waals surface area contributed by atoms with Gasteiger partial charge in [-0.2, -0.15) is 11.8 Å². The monoisotopic (exact) mass is 298 g/mol. The van der Waals surface area contributed by atoms with Crippen LogP contribution in [0.3, 0.4) is 0 Å². The van der Waals surface area contributed by atoms with Crippen LogP contribution in [0.4, 0.5) is 0 Å². The Labute approximate surface area is 123 Å². The lowest BCUT2D eigenvalue weighted by Gasteiger charge is -2.34. The summed E-state index contributed by atoms with van der Waals surface area (Å²) in [5.74, 6) is 2.20. The van der Waals surface area contributed by atoms with E-state index in [-0.39, 0.29) is 0 Å². The fourth-order valence-corrected chi connectivity index (χ4v) is 4.02. The van der Waals surface area contributed by atoms with E-state index in [9.17, 15) is 0 Å². The minimum atomic E-state index is 0.731. The fourth-order valence-electron chi connectivity index (χ4n) is 2.13. The number of aromatic nitrogens is 1. The van der Waals surface area contributed by atoms with E-state index < -0.39 is 0 Å². The van der Waals surface area contributed by atoms with Crippen LogP contribution >= 0.6 is 23.1 Å². The van der Waals surface area contributed by atoms with Gasteiger partial charge in [-0.1, -0.05) is 6.92 Å². The highest BCUT2D eigenvalue weighted by atomic mass is 32.2. The first-order valence-electron chi connectivity index (χ1n) is 6.71. The molecule has 2 rings (SSSR count). The molecule has 19 heavy (non-hydrogen) atoms. The minimum Gasteiger partial charge on any atom is -0.350 e. The summed E-state index contributed by atoms with van der Waals surface area (Å²) < 4.78 is 0. The molecule has 106 valence electrons. The van der Waals surface area contributed by atoms with Gasteiger partial charge in [0.1, 0.15) is 5.01 Å². The number of hydrogen-bond acceptors (Lipinski definition) is 4. The van der Waals surface area contributed by atoms with Crippen molar-refractivity contribution in [3.8, 4) is 0 Å². The Morgan fingerprint density at radius 3 is 3.11 bits per heavy atom. The van der Waals surface area contributed by atoms with Crippen molar-refractivity contribution in [1.29, 1.82) is 0 Å². The highest BCUT2D eigenvalue weighted by molar-refractivity contribution is 8.00. The van der Waals surface area contributed by atoms with Gasteiger partial charge in [-0.05, 0) is 13.3 Å². The van der Waals surface area contributed by atoms with E-state index in [1.807, 2.05) is 14.0 Å². The van der Waals surface area contributed by atoms with Crippen molar-refractivity contribution < 1.29 is 0 Å². The second kappa shape index (κ2) is 7.14. The molecule has 1 aliphatic rings. The number of rotatable bonds is 3. The summed E-state index contributed by atoms with van der Waals surface area (Å²) in [4.78, 5) is 11.2. The molecule has 4 nitrogen and oxygen atoms in total. The van der Waals surface area contributed by atoms with Crippen LogP contribution in [0.5, 0.6) is 0 Å². The summed E-state index contributed by atoms with van der Waals surface area (Å²) >= 11 is 3.78. The van der Waals surface area contributed by atoms with Gasteiger partial charge in [-0.25, -0.2) is 4.98 Å². The zero-order valence-corrected chi connectivity index (χ0v) is 13.5. The van der Waals surface area contributed by atoms with Crippen molar-refractivity contribution in [2.75, 3.05) is 25.9 Å². The molecule has 0 amide bonds. The average Bonchev–Trinajstić information content (AvgIpc) is 2.85. The zero-order valence-electron chi connectivity index (χ0n) is 11.8. The number of hydrogen-bond donors (Lipinski definition) is 1. The largest absolute Gasteiger partial charge is 0.350 e. The summed E-state index contributed by atoms with van der Waals surface area (Å²) in [5, 5.41) is 7.37. The molecule has 0 spiro atoms. The van der Waals surface area contributed by atoms with E-state index in [0.29, 0.717) is 0 Å². The zero-order chi connectivity index (χ0) is 13.7. The van der Waals surface area contributed by atoms with Crippen molar-refractivity contribution in [1.82, 2.24) is 15.2 Å². The van der Waals surface area contributed by atoms with Crippen LogP contribution in [0.1, 0.15) is 24.0 Å². The minimum absolute atomic E-state index is 0.731. The maximum Gasteiger partial charge on any atom is 0.194 e. The molecular formula is C13H22N4S2. The Morgan fingerprint density at radius 1 is 1.63 bits per heavy atom. The maximum absolute atomic E-state index is 4.47. The van der Waals surface area contributed by atoms with Gasteiger partial charge in [-0.3, -0.25) is 4.99 Å². The molecule has 2 heterocycles. The highest BCUT2D eigenvalue weighted by Crippen LogP contribution is 2.21. The molecule has 1 aliphatic heterocycles. The molecule has 0 aliphatic carbocycles. The van der Waals surface area contributed by atoms with Gasteiger partial charge in [0.2, 0.25) is 0 Å². The Bertz CT molecular complexity index is 430. The van der Waals surface area contributed by atoms with Crippen molar-refractivity contribution in [2.45, 2.75) is 32.1 Å². The first-order valence-corrected chi connectivity index (χ1v) is 8.64. The van der Waals surface area contributed by atoms with Crippen LogP contribution in [0.15, 0.2) is 10.4 Å². The molecule has 6 heteroatoms. The molecule has 1 aromatic heterocycles. The molecule has 0 saturated carbocycles. The molecule has 1 aromatic rings. The smallest absolute Gasteiger partial charge is 0.194 e. The van der Waals surface area contributed by atoms with Gasteiger partial charge in [-0.15, -0.1) is 11.3 Å². The Hall–Kier alpha value is -0.750. The quantitative estimate of drug-likeness (QED) is 0.687. The van der Waals surface area contributed by atoms with Crippen LogP contribution in [-0.2, 0) is 6.54 Å². The first-order chi connectivity index (χ1) is 9.22. The molecule has 1 atom stereocenters. The average molecular weight is 298 g/mol. The van der Waals surface area contributed by atoms with Crippen molar-refractivity contribution in [2.24, 2.45) is 4.99 Å². The lowest BCUT2D eigenvalue weighted by atomic mass is 10.3. The number of thiazole rings is 1. The number of aliphatic imine (C=N–C) groups is 1. The topological polar surface area (TPSA) is 40.5 Å². The summed E-state index contributed by atoms with van der Waals surface area (Å²) in [7, 11) is 1.86. The highest BCUT2D eigenvalue weighted by Gasteiger charge is 2.21. The third-order valence-electron chi connectivity index (χ3n) is 3.17. The maximum atomic E-state index is 4.47. The van der Waals surface area contributed by atoms with E-state index in [0.717, 1.165) is 41.5 Å². The van der Waals surface area contributed by atoms with Crippen LogP contribution < -0.4 is 5.32 Å². The van der Waals surface area contributed by atoms with Crippen molar-refractivity contribution >= 4 is 29.1 Å². The van der Waals surface area contributed by atoms with Gasteiger partial charge >= 0.3 is 0 Å². The predicted molar refractivity (Wildman–Crippen MR) is 85.2 cm³/mol. The SMILES string of the molecule is CCC1CN(C(=NC)NCc2nc(C)cs2)CCS1. The molecule has 0 radical (unpaired) electrons. The number of nitrogens with zero attached hydrogens (tertiary/aromatic N) is 3. The Kier molecular flexibility index (Phi) is 5.51. The Morgan fingerprint density at radius 2 is 2.47 bits per heavy atom. The summed E-state index contributed by atoms with van der Waals surface area (Å²) in [6.45, 7) is 7.24. The second-order valence-corrected chi connectivity index (χ2v) is 6.98. The van der Waals surface area contributed by atoms with E-state index in [2.05, 4.69) is 44.3 Å². The fraction of sp³-hybridized carbons (Fsp3) is 0.692. The summed E-state index contributed by atoms with van der Waals surface area (Å²) in [6.07, 6.45) is 1.23. The number of nitrogens with one attached hydrogen (secondary N) is 1. The first kappa shape index (κ1) is 14.7. The van der Waals surface area contributed by atoms with Crippen molar-refractivity contribution in [3.63, 3.8) is 0 Å². The molecule has 1 saturated heterocycles. The van der Waals surface area contributed by atoms with Crippen molar-refractivity contribution in [3.05, 3.63) is 16.1 Å². The molecule has 1 fully saturated rings. The summed E-state index contributed by atoms with van der Waals surface area (Å²) in [6, 6.07) is 0.